The summed E-state index contributed by atoms with van der Waals surface area (Å²) in [6.07, 6.45) is -0.413. The van der Waals surface area contributed by atoms with Gasteiger partial charge in [0.2, 0.25) is 0 Å². The first kappa shape index (κ1) is 7.82. The van der Waals surface area contributed by atoms with Gasteiger partial charge in [-0.15, -0.1) is 0 Å². The molecule has 10 heavy (non-hydrogen) atoms. The zero-order valence-corrected chi connectivity index (χ0v) is 6.59. The van der Waals surface area contributed by atoms with Gasteiger partial charge in [0.05, 0.1) is 6.10 Å². The van der Waals surface area contributed by atoms with E-state index in [1.165, 1.54) is 0 Å². The third-order valence-electron chi connectivity index (χ3n) is 1.49. The van der Waals surface area contributed by atoms with E-state index in [4.69, 9.17) is 16.6 Å². The van der Waals surface area contributed by atoms with Crippen LogP contribution in [0.15, 0.2) is 0 Å². The number of carbonyl (C=O) groups is 1. The number of rotatable bonds is 2. The Hall–Kier alpha value is -0.280. The minimum Gasteiger partial charge on any atom is -0.357 e. The van der Waals surface area contributed by atoms with E-state index in [0.717, 1.165) is 0 Å². The molecule has 2 unspecified atom stereocenters. The van der Waals surface area contributed by atoms with Gasteiger partial charge in [0.1, 0.15) is 11.9 Å². The van der Waals surface area contributed by atoms with Crippen molar-refractivity contribution in [1.82, 2.24) is 0 Å². The van der Waals surface area contributed by atoms with Crippen LogP contribution in [0.3, 0.4) is 0 Å². The molecule has 0 aromatic heterocycles. The summed E-state index contributed by atoms with van der Waals surface area (Å²) >= 11 is 4.83. The van der Waals surface area contributed by atoms with Crippen LogP contribution in [0.4, 0.5) is 0 Å². The predicted octanol–water partition coefficient (Wildman–Crippen LogP) is 1.11. The number of carbonyl (C=O) groups excluding carboxylic acids is 1. The van der Waals surface area contributed by atoms with Crippen molar-refractivity contribution in [3.8, 4) is 0 Å². The number of epoxide rings is 1. The summed E-state index contributed by atoms with van der Waals surface area (Å²) in [6.45, 7) is 3.96. The molecule has 0 spiro atoms. The van der Waals surface area contributed by atoms with Gasteiger partial charge >= 0.3 is 5.97 Å². The summed E-state index contributed by atoms with van der Waals surface area (Å²) in [5.74, 6) is -0.138. The second kappa shape index (κ2) is 2.76. The number of hydrogen-bond acceptors (Lipinski definition) is 3. The van der Waals surface area contributed by atoms with Crippen LogP contribution >= 0.6 is 11.9 Å². The molecule has 0 aromatic rings. The van der Waals surface area contributed by atoms with Crippen LogP contribution in [0.25, 0.3) is 0 Å². The quantitative estimate of drug-likeness (QED) is 0.574. The molecule has 1 aliphatic heterocycles. The van der Waals surface area contributed by atoms with Crippen molar-refractivity contribution in [2.75, 3.05) is 0 Å². The fraction of sp³-hybridized carbons (Fsp3) is 0.833. The van der Waals surface area contributed by atoms with Crippen LogP contribution in [-0.2, 0) is 13.8 Å². The molecule has 0 aromatic carbocycles. The topological polar surface area (TPSA) is 38.8 Å². The average molecular weight is 165 g/mol. The van der Waals surface area contributed by atoms with Gasteiger partial charge in [0, 0.05) is 0 Å². The van der Waals surface area contributed by atoms with Crippen molar-refractivity contribution in [3.05, 3.63) is 0 Å². The largest absolute Gasteiger partial charge is 0.357 e. The molecule has 1 fully saturated rings. The third-order valence-corrected chi connectivity index (χ3v) is 1.64. The molecule has 0 bridgehead atoms. The Labute approximate surface area is 64.4 Å². The summed E-state index contributed by atoms with van der Waals surface area (Å²) in [5.41, 5.74) is 0. The summed E-state index contributed by atoms with van der Waals surface area (Å²) in [7, 11) is 0. The first-order valence-electron chi connectivity index (χ1n) is 3.14. The molecule has 0 amide bonds. The second-order valence-electron chi connectivity index (χ2n) is 2.66. The molecule has 0 saturated carbocycles. The maximum Gasteiger partial charge on any atom is 0.356 e. The molecular weight excluding hydrogens is 156 g/mol. The lowest BCUT2D eigenvalue weighted by Crippen LogP contribution is -2.12. The molecule has 0 radical (unpaired) electrons. The Balaban J connectivity index is 2.31. The van der Waals surface area contributed by atoms with Gasteiger partial charge in [-0.1, -0.05) is 13.8 Å². The monoisotopic (exact) mass is 164 g/mol. The van der Waals surface area contributed by atoms with Crippen molar-refractivity contribution >= 4 is 17.8 Å². The van der Waals surface area contributed by atoms with Gasteiger partial charge in [0.15, 0.2) is 6.10 Å². The van der Waals surface area contributed by atoms with E-state index < -0.39 is 12.1 Å². The van der Waals surface area contributed by atoms with Crippen LogP contribution in [0.1, 0.15) is 13.8 Å². The Morgan fingerprint density at radius 1 is 1.70 bits per heavy atom. The molecule has 1 rings (SSSR count). The highest BCUT2D eigenvalue weighted by molar-refractivity contribution is 6.13. The maximum absolute atomic E-state index is 10.6. The molecule has 1 aliphatic rings. The van der Waals surface area contributed by atoms with Crippen LogP contribution in [-0.4, -0.2) is 18.2 Å². The summed E-state index contributed by atoms with van der Waals surface area (Å²) < 4.78 is 8.93. The summed E-state index contributed by atoms with van der Waals surface area (Å²) in [6, 6.07) is 0. The summed E-state index contributed by atoms with van der Waals surface area (Å²) in [4.78, 5) is 10.6. The van der Waals surface area contributed by atoms with Gasteiger partial charge in [-0.05, 0) is 5.92 Å². The molecule has 3 nitrogen and oxygen atoms in total. The van der Waals surface area contributed by atoms with E-state index in [-0.39, 0.29) is 6.10 Å². The lowest BCUT2D eigenvalue weighted by Gasteiger charge is -1.94. The first-order valence-corrected chi connectivity index (χ1v) is 3.45. The lowest BCUT2D eigenvalue weighted by molar-refractivity contribution is -0.135. The van der Waals surface area contributed by atoms with Crippen molar-refractivity contribution in [2.45, 2.75) is 26.1 Å². The molecule has 1 heterocycles. The van der Waals surface area contributed by atoms with Crippen LogP contribution < -0.4 is 0 Å². The van der Waals surface area contributed by atoms with Gasteiger partial charge < -0.3 is 9.03 Å². The number of halogens is 1. The molecule has 1 saturated heterocycles. The van der Waals surface area contributed by atoms with Crippen molar-refractivity contribution in [1.29, 1.82) is 0 Å². The number of hydrogen-bond donors (Lipinski definition) is 0. The second-order valence-corrected chi connectivity index (χ2v) is 2.82. The predicted molar refractivity (Wildman–Crippen MR) is 35.4 cm³/mol. The van der Waals surface area contributed by atoms with E-state index in [1.54, 1.807) is 0 Å². The van der Waals surface area contributed by atoms with Crippen LogP contribution in [0, 0.1) is 5.92 Å². The molecular formula is C6H9ClO3. The third kappa shape index (κ3) is 1.41. The zero-order chi connectivity index (χ0) is 7.72. The van der Waals surface area contributed by atoms with Crippen molar-refractivity contribution in [2.24, 2.45) is 5.92 Å². The van der Waals surface area contributed by atoms with Gasteiger partial charge in [-0.25, -0.2) is 4.79 Å². The standard InChI is InChI=1S/C6H9ClO3/c1-3(2)4-5(9-4)6(8)10-7/h3-5H,1-2H3. The Morgan fingerprint density at radius 2 is 2.30 bits per heavy atom. The average Bonchev–Trinajstić information content (AvgIpc) is 2.64. The van der Waals surface area contributed by atoms with Gasteiger partial charge in [-0.3, -0.25) is 0 Å². The first-order chi connectivity index (χ1) is 4.66. The SMILES string of the molecule is CC(C)C1OC1C(=O)OCl. The van der Waals surface area contributed by atoms with Gasteiger partial charge in [0.25, 0.3) is 0 Å². The minimum atomic E-state index is -0.486. The van der Waals surface area contributed by atoms with E-state index in [0.29, 0.717) is 5.92 Å². The minimum absolute atomic E-state index is 0.00579. The summed E-state index contributed by atoms with van der Waals surface area (Å²) in [5, 5.41) is 0. The Bertz CT molecular complexity index is 146. The molecule has 4 heteroatoms. The Morgan fingerprint density at radius 3 is 2.60 bits per heavy atom. The van der Waals surface area contributed by atoms with Crippen molar-refractivity contribution in [3.63, 3.8) is 0 Å². The smallest absolute Gasteiger partial charge is 0.356 e. The fourth-order valence-electron chi connectivity index (χ4n) is 0.864. The Kier molecular flexibility index (Phi) is 2.16. The highest BCUT2D eigenvalue weighted by Crippen LogP contribution is 2.30. The zero-order valence-electron chi connectivity index (χ0n) is 5.83. The van der Waals surface area contributed by atoms with Crippen LogP contribution in [0.2, 0.25) is 0 Å². The highest BCUT2D eigenvalue weighted by Gasteiger charge is 2.48. The maximum atomic E-state index is 10.6. The molecule has 58 valence electrons. The molecule has 0 aliphatic carbocycles. The highest BCUT2D eigenvalue weighted by atomic mass is 35.5. The lowest BCUT2D eigenvalue weighted by atomic mass is 10.1. The van der Waals surface area contributed by atoms with Gasteiger partial charge in [-0.2, -0.15) is 0 Å². The fourth-order valence-corrected chi connectivity index (χ4v) is 0.952. The number of ether oxygens (including phenoxy) is 1. The van der Waals surface area contributed by atoms with E-state index >= 15 is 0 Å². The van der Waals surface area contributed by atoms with Crippen molar-refractivity contribution < 1.29 is 13.8 Å². The van der Waals surface area contributed by atoms with E-state index in [2.05, 4.69) is 4.29 Å². The van der Waals surface area contributed by atoms with E-state index in [1.807, 2.05) is 13.8 Å². The van der Waals surface area contributed by atoms with E-state index in [9.17, 15) is 4.79 Å². The molecule has 2 atom stereocenters. The molecule has 0 N–H and O–H groups in total. The normalized spacial score (nSPS) is 30.4. The van der Waals surface area contributed by atoms with Crippen LogP contribution in [0.5, 0.6) is 0 Å².